The van der Waals surface area contributed by atoms with E-state index in [1.54, 1.807) is 25.4 Å². The molecule has 1 aromatic heterocycles. The van der Waals surface area contributed by atoms with Crippen LogP contribution in [0.25, 0.3) is 11.1 Å². The number of nitrogens with one attached hydrogen (secondary N) is 1. The van der Waals surface area contributed by atoms with E-state index < -0.39 is 17.9 Å². The van der Waals surface area contributed by atoms with E-state index in [9.17, 15) is 19.2 Å². The molecule has 1 atom stereocenters. The number of ether oxygens (including phenoxy) is 1. The number of benzene rings is 1. The molecule has 0 radical (unpaired) electrons. The standard InChI is InChI=1S/C19H18N4O5/c1-22-8-13(16(21-22)19(27)28-2)10-4-3-5-11-12(10)9-23(18(11)26)14-6-7-15(24)20-17(14)25/h3-5,8,14H,6-7,9H2,1-2H3,(H,20,24,25). The van der Waals surface area contributed by atoms with Gasteiger partial charge in [-0.1, -0.05) is 12.1 Å². The van der Waals surface area contributed by atoms with Crippen LogP contribution in [0.3, 0.4) is 0 Å². The van der Waals surface area contributed by atoms with Crippen molar-refractivity contribution in [2.75, 3.05) is 7.11 Å². The lowest BCUT2D eigenvalue weighted by Gasteiger charge is -2.29. The van der Waals surface area contributed by atoms with E-state index >= 15 is 0 Å². The van der Waals surface area contributed by atoms with E-state index in [1.807, 2.05) is 6.07 Å². The summed E-state index contributed by atoms with van der Waals surface area (Å²) in [6, 6.07) is 4.54. The number of amides is 3. The Labute approximate surface area is 160 Å². The highest BCUT2D eigenvalue weighted by atomic mass is 16.5. The topological polar surface area (TPSA) is 111 Å². The van der Waals surface area contributed by atoms with E-state index in [4.69, 9.17) is 4.74 Å². The van der Waals surface area contributed by atoms with Crippen molar-refractivity contribution in [3.63, 3.8) is 0 Å². The first-order valence-electron chi connectivity index (χ1n) is 8.79. The molecule has 1 fully saturated rings. The van der Waals surface area contributed by atoms with Gasteiger partial charge in [0.15, 0.2) is 5.69 Å². The summed E-state index contributed by atoms with van der Waals surface area (Å²) in [6.45, 7) is 0.214. The minimum Gasteiger partial charge on any atom is -0.464 e. The fraction of sp³-hybridized carbons (Fsp3) is 0.316. The molecule has 2 aliphatic heterocycles. The molecule has 0 bridgehead atoms. The monoisotopic (exact) mass is 382 g/mol. The summed E-state index contributed by atoms with van der Waals surface area (Å²) >= 11 is 0. The highest BCUT2D eigenvalue weighted by molar-refractivity contribution is 6.07. The van der Waals surface area contributed by atoms with Gasteiger partial charge >= 0.3 is 5.97 Å². The number of piperidine rings is 1. The van der Waals surface area contributed by atoms with Gasteiger partial charge < -0.3 is 9.64 Å². The smallest absolute Gasteiger partial charge is 0.359 e. The molecule has 9 heteroatoms. The average molecular weight is 382 g/mol. The molecule has 1 unspecified atom stereocenters. The molecular formula is C19H18N4O5. The van der Waals surface area contributed by atoms with Crippen LogP contribution in [0.15, 0.2) is 24.4 Å². The van der Waals surface area contributed by atoms with Crippen molar-refractivity contribution >= 4 is 23.7 Å². The van der Waals surface area contributed by atoms with Gasteiger partial charge in [0.25, 0.3) is 5.91 Å². The van der Waals surface area contributed by atoms with E-state index in [-0.39, 0.29) is 30.5 Å². The number of aryl methyl sites for hydroxylation is 1. The minimum absolute atomic E-state index is 0.158. The summed E-state index contributed by atoms with van der Waals surface area (Å²) in [5.41, 5.74) is 2.60. The molecule has 0 aliphatic carbocycles. The van der Waals surface area contributed by atoms with Crippen LogP contribution < -0.4 is 5.32 Å². The summed E-state index contributed by atoms with van der Waals surface area (Å²) in [6.07, 6.45) is 2.18. The summed E-state index contributed by atoms with van der Waals surface area (Å²) in [4.78, 5) is 50.2. The van der Waals surface area contributed by atoms with Crippen LogP contribution in [-0.2, 0) is 27.9 Å². The molecule has 144 valence electrons. The van der Waals surface area contributed by atoms with Crippen LogP contribution in [0, 0.1) is 0 Å². The molecule has 1 aromatic carbocycles. The van der Waals surface area contributed by atoms with Crippen LogP contribution in [-0.4, -0.2) is 51.5 Å². The van der Waals surface area contributed by atoms with Gasteiger partial charge in [0.05, 0.1) is 7.11 Å². The van der Waals surface area contributed by atoms with Crippen molar-refractivity contribution < 1.29 is 23.9 Å². The van der Waals surface area contributed by atoms with Crippen molar-refractivity contribution in [3.05, 3.63) is 41.2 Å². The molecule has 1 saturated heterocycles. The predicted octanol–water partition coefficient (Wildman–Crippen LogP) is 0.635. The van der Waals surface area contributed by atoms with E-state index in [0.717, 1.165) is 5.56 Å². The number of hydrogen-bond donors (Lipinski definition) is 1. The molecular weight excluding hydrogens is 364 g/mol. The van der Waals surface area contributed by atoms with E-state index in [1.165, 1.54) is 16.7 Å². The number of rotatable bonds is 3. The molecule has 2 aliphatic rings. The number of hydrogen-bond acceptors (Lipinski definition) is 6. The van der Waals surface area contributed by atoms with Crippen molar-refractivity contribution in [3.8, 4) is 11.1 Å². The summed E-state index contributed by atoms with van der Waals surface area (Å²) < 4.78 is 6.33. The van der Waals surface area contributed by atoms with Crippen LogP contribution in [0.1, 0.15) is 39.3 Å². The lowest BCUT2D eigenvalue weighted by atomic mass is 9.97. The lowest BCUT2D eigenvalue weighted by Crippen LogP contribution is -2.52. The predicted molar refractivity (Wildman–Crippen MR) is 96.0 cm³/mol. The molecule has 28 heavy (non-hydrogen) atoms. The Hall–Kier alpha value is -3.49. The van der Waals surface area contributed by atoms with Gasteiger partial charge in [0.2, 0.25) is 11.8 Å². The first-order valence-corrected chi connectivity index (χ1v) is 8.79. The third-order valence-electron chi connectivity index (χ3n) is 5.08. The summed E-state index contributed by atoms with van der Waals surface area (Å²) in [5, 5.41) is 6.46. The lowest BCUT2D eigenvalue weighted by molar-refractivity contribution is -0.136. The van der Waals surface area contributed by atoms with E-state index in [2.05, 4.69) is 10.4 Å². The van der Waals surface area contributed by atoms with Crippen molar-refractivity contribution in [2.45, 2.75) is 25.4 Å². The molecule has 0 spiro atoms. The average Bonchev–Trinajstić information content (AvgIpc) is 3.22. The van der Waals surface area contributed by atoms with Gasteiger partial charge in [0, 0.05) is 37.3 Å². The maximum atomic E-state index is 12.9. The second kappa shape index (κ2) is 6.59. The highest BCUT2D eigenvalue weighted by Gasteiger charge is 2.40. The van der Waals surface area contributed by atoms with Gasteiger partial charge in [-0.2, -0.15) is 5.10 Å². The van der Waals surface area contributed by atoms with Gasteiger partial charge in [-0.05, 0) is 23.6 Å². The fourth-order valence-corrected chi connectivity index (χ4v) is 3.77. The van der Waals surface area contributed by atoms with Crippen molar-refractivity contribution in [2.24, 2.45) is 7.05 Å². The minimum atomic E-state index is -0.695. The quantitative estimate of drug-likeness (QED) is 0.616. The molecule has 3 amide bonds. The van der Waals surface area contributed by atoms with Crippen LogP contribution in [0.5, 0.6) is 0 Å². The molecule has 9 nitrogen and oxygen atoms in total. The van der Waals surface area contributed by atoms with Gasteiger partial charge in [-0.25, -0.2) is 4.79 Å². The van der Waals surface area contributed by atoms with Crippen LogP contribution >= 0.6 is 0 Å². The molecule has 2 aromatic rings. The first kappa shape index (κ1) is 17.9. The molecule has 3 heterocycles. The number of nitrogens with zero attached hydrogens (tertiary/aromatic N) is 3. The Morgan fingerprint density at radius 2 is 1.96 bits per heavy atom. The Morgan fingerprint density at radius 3 is 2.68 bits per heavy atom. The number of fused-ring (bicyclic) bond motifs is 1. The second-order valence-electron chi connectivity index (χ2n) is 6.79. The first-order chi connectivity index (χ1) is 13.4. The third kappa shape index (κ3) is 2.75. The SMILES string of the molecule is COC(=O)c1nn(C)cc1-c1cccc2c1CN(C1CCC(=O)NC1=O)C2=O. The number of esters is 1. The van der Waals surface area contributed by atoms with Crippen molar-refractivity contribution in [1.82, 2.24) is 20.0 Å². The Kier molecular flexibility index (Phi) is 4.21. The van der Waals surface area contributed by atoms with Gasteiger partial charge in [0.1, 0.15) is 6.04 Å². The second-order valence-corrected chi connectivity index (χ2v) is 6.79. The zero-order valence-corrected chi connectivity index (χ0v) is 15.4. The largest absolute Gasteiger partial charge is 0.464 e. The number of carbonyl (C=O) groups excluding carboxylic acids is 4. The number of aromatic nitrogens is 2. The summed E-state index contributed by atoms with van der Waals surface area (Å²) in [5.74, 6) is -1.63. The zero-order chi connectivity index (χ0) is 20.0. The molecule has 4 rings (SSSR count). The van der Waals surface area contributed by atoms with Crippen LogP contribution in [0.2, 0.25) is 0 Å². The Bertz CT molecular complexity index is 1030. The van der Waals surface area contributed by atoms with Gasteiger partial charge in [-0.3, -0.25) is 24.4 Å². The number of methoxy groups -OCH3 is 1. The maximum Gasteiger partial charge on any atom is 0.359 e. The van der Waals surface area contributed by atoms with Crippen LogP contribution in [0.4, 0.5) is 0 Å². The van der Waals surface area contributed by atoms with Gasteiger partial charge in [-0.15, -0.1) is 0 Å². The number of imide groups is 1. The molecule has 1 N–H and O–H groups in total. The zero-order valence-electron chi connectivity index (χ0n) is 15.4. The Balaban J connectivity index is 1.74. The number of carbonyl (C=O) groups is 4. The third-order valence-corrected chi connectivity index (χ3v) is 5.08. The maximum absolute atomic E-state index is 12.9. The Morgan fingerprint density at radius 1 is 1.21 bits per heavy atom. The highest BCUT2D eigenvalue weighted by Crippen LogP contribution is 2.36. The normalized spacial score (nSPS) is 18.9. The van der Waals surface area contributed by atoms with Crippen molar-refractivity contribution in [1.29, 1.82) is 0 Å². The molecule has 0 saturated carbocycles. The van der Waals surface area contributed by atoms with E-state index in [0.29, 0.717) is 23.1 Å². The fourth-order valence-electron chi connectivity index (χ4n) is 3.77. The summed E-state index contributed by atoms with van der Waals surface area (Å²) in [7, 11) is 2.98.